The van der Waals surface area contributed by atoms with Crippen LogP contribution in [-0.2, 0) is 28.6 Å². The number of aliphatic hydroxyl groups excluding tert-OH is 1. The summed E-state index contributed by atoms with van der Waals surface area (Å²) >= 11 is 0. The summed E-state index contributed by atoms with van der Waals surface area (Å²) in [6.07, 6.45) is -0.760. The number of ether oxygens (including phenoxy) is 3. The van der Waals surface area contributed by atoms with Crippen molar-refractivity contribution in [1.82, 2.24) is 0 Å². The van der Waals surface area contributed by atoms with Crippen molar-refractivity contribution in [3.63, 3.8) is 0 Å². The maximum Gasteiger partial charge on any atom is 0.322 e. The normalized spacial score (nSPS) is 41.0. The summed E-state index contributed by atoms with van der Waals surface area (Å²) in [5, 5.41) is 9.03. The van der Waals surface area contributed by atoms with Crippen molar-refractivity contribution in [3.8, 4) is 0 Å². The smallest absolute Gasteiger partial charge is 0.322 e. The lowest BCUT2D eigenvalue weighted by atomic mass is 9.79. The second-order valence-corrected chi connectivity index (χ2v) is 6.85. The molecule has 2 saturated carbocycles. The Labute approximate surface area is 127 Å². The van der Waals surface area contributed by atoms with Crippen molar-refractivity contribution in [2.75, 3.05) is 0 Å². The van der Waals surface area contributed by atoms with Crippen molar-refractivity contribution in [1.29, 1.82) is 0 Å². The second kappa shape index (κ2) is 4.94. The summed E-state index contributed by atoms with van der Waals surface area (Å²) in [7, 11) is 0. The summed E-state index contributed by atoms with van der Waals surface area (Å²) in [5.41, 5.74) is -0.282. The highest BCUT2D eigenvalue weighted by molar-refractivity contribution is 5.94. The number of carbonyl (C=O) groups excluding carboxylic acids is 3. The van der Waals surface area contributed by atoms with Crippen molar-refractivity contribution >= 4 is 17.9 Å². The van der Waals surface area contributed by atoms with Crippen LogP contribution >= 0.6 is 0 Å². The van der Waals surface area contributed by atoms with Crippen LogP contribution in [0.15, 0.2) is 0 Å². The first-order valence-electron chi connectivity index (χ1n) is 7.52. The fourth-order valence-electron chi connectivity index (χ4n) is 4.05. The predicted molar refractivity (Wildman–Crippen MR) is 71.0 cm³/mol. The summed E-state index contributed by atoms with van der Waals surface area (Å²) in [5.74, 6) is -2.87. The van der Waals surface area contributed by atoms with Gasteiger partial charge in [0.2, 0.25) is 0 Å². The molecular formula is C15H20O7. The first-order valence-corrected chi connectivity index (χ1v) is 7.52. The van der Waals surface area contributed by atoms with Crippen molar-refractivity contribution in [2.45, 2.75) is 52.1 Å². The topological polar surface area (TPSA) is 99.1 Å². The quantitative estimate of drug-likeness (QED) is 0.347. The first kappa shape index (κ1) is 15.3. The minimum absolute atomic E-state index is 0.0809. The second-order valence-electron chi connectivity index (χ2n) is 6.85. The van der Waals surface area contributed by atoms with E-state index in [-0.39, 0.29) is 23.2 Å². The van der Waals surface area contributed by atoms with Crippen LogP contribution < -0.4 is 0 Å². The summed E-state index contributed by atoms with van der Waals surface area (Å²) in [4.78, 5) is 35.6. The fourth-order valence-corrected chi connectivity index (χ4v) is 4.05. The van der Waals surface area contributed by atoms with Gasteiger partial charge in [-0.25, -0.2) is 0 Å². The number of carbonyl (C=O) groups is 3. The van der Waals surface area contributed by atoms with E-state index in [1.54, 1.807) is 0 Å². The van der Waals surface area contributed by atoms with Crippen LogP contribution in [0.3, 0.4) is 0 Å². The standard InChI is InChI=1S/C15H20O7/c1-6(12(17)20-7(2)16)13(18)22-11-10-8-4-15(11,3)5-9(8)14(19)21-10/h6-11,16H,4-5H2,1-3H3. The van der Waals surface area contributed by atoms with E-state index in [1.807, 2.05) is 6.92 Å². The molecular weight excluding hydrogens is 292 g/mol. The zero-order valence-corrected chi connectivity index (χ0v) is 12.8. The average molecular weight is 312 g/mol. The molecule has 3 rings (SSSR count). The minimum Gasteiger partial charge on any atom is -0.458 e. The number of fused-ring (bicyclic) bond motifs is 1. The maximum atomic E-state index is 12.2. The third-order valence-corrected chi connectivity index (χ3v) is 5.10. The molecule has 22 heavy (non-hydrogen) atoms. The molecule has 1 heterocycles. The van der Waals surface area contributed by atoms with Crippen LogP contribution in [-0.4, -0.2) is 41.5 Å². The highest BCUT2D eigenvalue weighted by Crippen LogP contribution is 2.62. The average Bonchev–Trinajstić information content (AvgIpc) is 2.96. The Balaban J connectivity index is 1.68. The molecule has 3 aliphatic rings. The van der Waals surface area contributed by atoms with Crippen LogP contribution in [0.4, 0.5) is 0 Å². The molecule has 0 aromatic carbocycles. The number of rotatable bonds is 4. The molecule has 0 aromatic heterocycles. The third kappa shape index (κ3) is 2.18. The van der Waals surface area contributed by atoms with E-state index >= 15 is 0 Å². The van der Waals surface area contributed by atoms with Crippen LogP contribution in [0.25, 0.3) is 0 Å². The first-order chi connectivity index (χ1) is 10.2. The van der Waals surface area contributed by atoms with Gasteiger partial charge in [-0.1, -0.05) is 6.92 Å². The van der Waals surface area contributed by atoms with Gasteiger partial charge in [0.15, 0.2) is 12.2 Å². The lowest BCUT2D eigenvalue weighted by molar-refractivity contribution is -0.182. The van der Waals surface area contributed by atoms with E-state index in [0.29, 0.717) is 6.42 Å². The highest BCUT2D eigenvalue weighted by atomic mass is 16.6. The zero-order valence-electron chi connectivity index (χ0n) is 12.8. The Morgan fingerprint density at radius 3 is 2.64 bits per heavy atom. The van der Waals surface area contributed by atoms with Crippen LogP contribution in [0, 0.1) is 23.2 Å². The number of hydrogen-bond acceptors (Lipinski definition) is 7. The van der Waals surface area contributed by atoms with E-state index in [1.165, 1.54) is 13.8 Å². The molecule has 0 aromatic rings. The highest BCUT2D eigenvalue weighted by Gasteiger charge is 2.68. The maximum absolute atomic E-state index is 12.2. The molecule has 122 valence electrons. The van der Waals surface area contributed by atoms with Gasteiger partial charge in [0.25, 0.3) is 0 Å². The van der Waals surface area contributed by atoms with E-state index < -0.39 is 36.4 Å². The van der Waals surface area contributed by atoms with Gasteiger partial charge in [-0.3, -0.25) is 14.4 Å². The lowest BCUT2D eigenvalue weighted by Crippen LogP contribution is -2.43. The molecule has 7 unspecified atom stereocenters. The van der Waals surface area contributed by atoms with Gasteiger partial charge in [0.1, 0.15) is 12.2 Å². The van der Waals surface area contributed by atoms with Crippen molar-refractivity contribution in [3.05, 3.63) is 0 Å². The lowest BCUT2D eigenvalue weighted by Gasteiger charge is -2.33. The Morgan fingerprint density at radius 2 is 2.00 bits per heavy atom. The van der Waals surface area contributed by atoms with Gasteiger partial charge >= 0.3 is 17.9 Å². The Kier molecular flexibility index (Phi) is 3.43. The molecule has 0 radical (unpaired) electrons. The van der Waals surface area contributed by atoms with Gasteiger partial charge in [-0.2, -0.15) is 0 Å². The number of hydrogen-bond donors (Lipinski definition) is 1. The zero-order chi connectivity index (χ0) is 16.2. The van der Waals surface area contributed by atoms with E-state index in [0.717, 1.165) is 6.42 Å². The summed E-state index contributed by atoms with van der Waals surface area (Å²) in [6.45, 7) is 4.63. The van der Waals surface area contributed by atoms with Gasteiger partial charge in [-0.15, -0.1) is 0 Å². The summed E-state index contributed by atoms with van der Waals surface area (Å²) in [6, 6.07) is 0. The molecule has 1 aliphatic heterocycles. The predicted octanol–water partition coefficient (Wildman–Crippen LogP) is 0.387. The largest absolute Gasteiger partial charge is 0.458 e. The van der Waals surface area contributed by atoms with Gasteiger partial charge in [0.05, 0.1) is 5.92 Å². The van der Waals surface area contributed by atoms with Gasteiger partial charge in [-0.05, 0) is 26.7 Å². The SMILES string of the molecule is CC(O)OC(=O)C(C)C(=O)OC1C2OC(=O)C3CC1(C)CC32. The van der Waals surface area contributed by atoms with Gasteiger partial charge in [0, 0.05) is 11.3 Å². The van der Waals surface area contributed by atoms with Crippen LogP contribution in [0.5, 0.6) is 0 Å². The molecule has 0 spiro atoms. The third-order valence-electron chi connectivity index (χ3n) is 5.10. The number of aliphatic hydroxyl groups is 1. The molecule has 2 aliphatic carbocycles. The van der Waals surface area contributed by atoms with Gasteiger partial charge < -0.3 is 19.3 Å². The molecule has 0 amide bonds. The molecule has 3 fully saturated rings. The molecule has 2 bridgehead atoms. The fraction of sp³-hybridized carbons (Fsp3) is 0.800. The van der Waals surface area contributed by atoms with E-state index in [9.17, 15) is 14.4 Å². The van der Waals surface area contributed by atoms with E-state index in [4.69, 9.17) is 14.6 Å². The van der Waals surface area contributed by atoms with Crippen molar-refractivity contribution in [2.24, 2.45) is 23.2 Å². The van der Waals surface area contributed by atoms with Crippen molar-refractivity contribution < 1.29 is 33.7 Å². The molecule has 7 nitrogen and oxygen atoms in total. The monoisotopic (exact) mass is 312 g/mol. The Hall–Kier alpha value is -1.63. The summed E-state index contributed by atoms with van der Waals surface area (Å²) < 4.78 is 15.4. The van der Waals surface area contributed by atoms with Crippen LogP contribution in [0.1, 0.15) is 33.6 Å². The minimum atomic E-state index is -1.28. The molecule has 1 N–H and O–H groups in total. The molecule has 1 saturated heterocycles. The molecule has 7 atom stereocenters. The Morgan fingerprint density at radius 1 is 1.32 bits per heavy atom. The molecule has 7 heteroatoms. The van der Waals surface area contributed by atoms with E-state index in [2.05, 4.69) is 4.74 Å². The van der Waals surface area contributed by atoms with Crippen LogP contribution in [0.2, 0.25) is 0 Å². The number of esters is 3. The Bertz CT molecular complexity index is 528.